The Morgan fingerprint density at radius 1 is 1.23 bits per heavy atom. The summed E-state index contributed by atoms with van der Waals surface area (Å²) < 4.78 is 5.74. The highest BCUT2D eigenvalue weighted by Gasteiger charge is 2.40. The molecule has 26 heavy (non-hydrogen) atoms. The third kappa shape index (κ3) is 3.76. The number of piperidine rings is 1. The number of ether oxygens (including phenoxy) is 1. The molecule has 2 aliphatic rings. The predicted octanol–water partition coefficient (Wildman–Crippen LogP) is 1.96. The number of urea groups is 1. The van der Waals surface area contributed by atoms with Crippen LogP contribution in [0.1, 0.15) is 23.2 Å². The van der Waals surface area contributed by atoms with E-state index in [4.69, 9.17) is 4.74 Å². The summed E-state index contributed by atoms with van der Waals surface area (Å²) in [5.74, 6) is -0.194. The quantitative estimate of drug-likeness (QED) is 0.678. The van der Waals surface area contributed by atoms with Crippen LogP contribution in [0.25, 0.3) is 0 Å². The van der Waals surface area contributed by atoms with Gasteiger partial charge in [0.05, 0.1) is 18.7 Å². The first-order chi connectivity index (χ1) is 12.5. The molecule has 0 aliphatic carbocycles. The second-order valence-corrected chi connectivity index (χ2v) is 7.31. The van der Waals surface area contributed by atoms with Crippen molar-refractivity contribution >= 4 is 33.8 Å². The molecular weight excluding hydrogens is 402 g/mol. The molecule has 0 bridgehead atoms. The van der Waals surface area contributed by atoms with E-state index in [0.29, 0.717) is 38.1 Å². The molecule has 0 N–H and O–H groups in total. The third-order valence-corrected chi connectivity index (χ3v) is 5.59. The standard InChI is InChI=1S/C18H22BrN3O4/c1-26-11-10-21-16(23)12-22(18(21)25)13-6-8-20(9-7-13)17(24)14-4-2-3-5-15(14)19/h2-5,13H,6-12H2,1H3. The van der Waals surface area contributed by atoms with Crippen LogP contribution in [0, 0.1) is 0 Å². The molecule has 0 atom stereocenters. The van der Waals surface area contributed by atoms with Crippen molar-refractivity contribution in [1.29, 1.82) is 0 Å². The largest absolute Gasteiger partial charge is 0.383 e. The number of nitrogens with zero attached hydrogens (tertiary/aromatic N) is 3. The lowest BCUT2D eigenvalue weighted by Crippen LogP contribution is -2.48. The summed E-state index contributed by atoms with van der Waals surface area (Å²) in [5, 5.41) is 0. The van der Waals surface area contributed by atoms with E-state index in [-0.39, 0.29) is 37.0 Å². The fourth-order valence-electron chi connectivity index (χ4n) is 3.43. The van der Waals surface area contributed by atoms with Gasteiger partial charge in [0.2, 0.25) is 5.91 Å². The highest BCUT2D eigenvalue weighted by Crippen LogP contribution is 2.24. The Bertz CT molecular complexity index is 703. The number of hydrogen-bond acceptors (Lipinski definition) is 4. The molecule has 2 saturated heterocycles. The lowest BCUT2D eigenvalue weighted by Gasteiger charge is -2.36. The smallest absolute Gasteiger partial charge is 0.327 e. The van der Waals surface area contributed by atoms with Crippen LogP contribution >= 0.6 is 15.9 Å². The van der Waals surface area contributed by atoms with Gasteiger partial charge in [-0.15, -0.1) is 0 Å². The van der Waals surface area contributed by atoms with Gasteiger partial charge in [-0.2, -0.15) is 0 Å². The van der Waals surface area contributed by atoms with Gasteiger partial charge in [0, 0.05) is 30.7 Å². The topological polar surface area (TPSA) is 70.2 Å². The van der Waals surface area contributed by atoms with Crippen LogP contribution in [-0.2, 0) is 9.53 Å². The number of imide groups is 1. The second-order valence-electron chi connectivity index (χ2n) is 6.45. The molecule has 1 aromatic rings. The van der Waals surface area contributed by atoms with Crippen LogP contribution in [0.2, 0.25) is 0 Å². The van der Waals surface area contributed by atoms with Gasteiger partial charge in [-0.3, -0.25) is 14.5 Å². The minimum atomic E-state index is -0.248. The van der Waals surface area contributed by atoms with Crippen molar-refractivity contribution < 1.29 is 19.1 Å². The predicted molar refractivity (Wildman–Crippen MR) is 98.8 cm³/mol. The van der Waals surface area contributed by atoms with E-state index in [1.165, 1.54) is 4.90 Å². The van der Waals surface area contributed by atoms with Crippen LogP contribution in [-0.4, -0.2) is 78.5 Å². The summed E-state index contributed by atoms with van der Waals surface area (Å²) in [6.45, 7) is 1.88. The van der Waals surface area contributed by atoms with Crippen molar-refractivity contribution in [2.75, 3.05) is 39.9 Å². The molecular formula is C18H22BrN3O4. The Morgan fingerprint density at radius 3 is 2.58 bits per heavy atom. The molecule has 0 saturated carbocycles. The lowest BCUT2D eigenvalue weighted by atomic mass is 10.0. The molecule has 2 heterocycles. The second kappa shape index (κ2) is 8.18. The van der Waals surface area contributed by atoms with Crippen LogP contribution in [0.4, 0.5) is 4.79 Å². The van der Waals surface area contributed by atoms with E-state index >= 15 is 0 Å². The molecule has 7 nitrogen and oxygen atoms in total. The first-order valence-corrected chi connectivity index (χ1v) is 9.46. The van der Waals surface area contributed by atoms with Crippen molar-refractivity contribution in [1.82, 2.24) is 14.7 Å². The van der Waals surface area contributed by atoms with Gasteiger partial charge >= 0.3 is 6.03 Å². The molecule has 0 unspecified atom stereocenters. The van der Waals surface area contributed by atoms with Crippen molar-refractivity contribution in [3.05, 3.63) is 34.3 Å². The summed E-state index contributed by atoms with van der Waals surface area (Å²) in [7, 11) is 1.54. The number of amides is 4. The SMILES string of the molecule is COCCN1C(=O)CN(C2CCN(C(=O)c3ccccc3Br)CC2)C1=O. The number of likely N-dealkylation sites (tertiary alicyclic amines) is 1. The fraction of sp³-hybridized carbons (Fsp3) is 0.500. The summed E-state index contributed by atoms with van der Waals surface area (Å²) in [5.41, 5.74) is 0.643. The van der Waals surface area contributed by atoms with E-state index in [2.05, 4.69) is 15.9 Å². The van der Waals surface area contributed by atoms with Gasteiger partial charge in [0.1, 0.15) is 6.54 Å². The number of hydrogen-bond donors (Lipinski definition) is 0. The summed E-state index contributed by atoms with van der Waals surface area (Å²) in [6.07, 6.45) is 1.35. The van der Waals surface area contributed by atoms with E-state index in [9.17, 15) is 14.4 Å². The maximum Gasteiger partial charge on any atom is 0.327 e. The molecule has 4 amide bonds. The van der Waals surface area contributed by atoms with E-state index < -0.39 is 0 Å². The molecule has 1 aromatic carbocycles. The first-order valence-electron chi connectivity index (χ1n) is 8.66. The average Bonchev–Trinajstić information content (AvgIpc) is 2.94. The highest BCUT2D eigenvalue weighted by molar-refractivity contribution is 9.10. The Balaban J connectivity index is 1.59. The first kappa shape index (κ1) is 18.8. The normalized spacial score (nSPS) is 18.8. The average molecular weight is 424 g/mol. The molecule has 2 fully saturated rings. The van der Waals surface area contributed by atoms with Gasteiger partial charge < -0.3 is 14.5 Å². The fourth-order valence-corrected chi connectivity index (χ4v) is 3.89. The Labute approximate surface area is 161 Å². The summed E-state index contributed by atoms with van der Waals surface area (Å²) >= 11 is 3.42. The zero-order chi connectivity index (χ0) is 18.7. The molecule has 0 radical (unpaired) electrons. The monoisotopic (exact) mass is 423 g/mol. The minimum Gasteiger partial charge on any atom is -0.383 e. The molecule has 8 heteroatoms. The molecule has 140 valence electrons. The van der Waals surface area contributed by atoms with E-state index in [0.717, 1.165) is 4.47 Å². The highest BCUT2D eigenvalue weighted by atomic mass is 79.9. The number of benzene rings is 1. The lowest BCUT2D eigenvalue weighted by molar-refractivity contribution is -0.125. The summed E-state index contributed by atoms with van der Waals surface area (Å²) in [4.78, 5) is 41.9. The number of methoxy groups -OCH3 is 1. The number of rotatable bonds is 5. The Hall–Kier alpha value is -1.93. The van der Waals surface area contributed by atoms with Gasteiger partial charge in [-0.25, -0.2) is 4.79 Å². The number of halogens is 1. The maximum atomic E-state index is 12.7. The molecule has 0 spiro atoms. The Kier molecular flexibility index (Phi) is 5.93. The van der Waals surface area contributed by atoms with Crippen LogP contribution in [0.5, 0.6) is 0 Å². The van der Waals surface area contributed by atoms with Gasteiger partial charge in [-0.1, -0.05) is 12.1 Å². The zero-order valence-corrected chi connectivity index (χ0v) is 16.3. The van der Waals surface area contributed by atoms with Crippen LogP contribution in [0.15, 0.2) is 28.7 Å². The number of carbonyl (C=O) groups is 3. The summed E-state index contributed by atoms with van der Waals surface area (Å²) in [6, 6.07) is 7.11. The van der Waals surface area contributed by atoms with Crippen LogP contribution < -0.4 is 0 Å². The maximum absolute atomic E-state index is 12.7. The number of carbonyl (C=O) groups excluding carboxylic acids is 3. The van der Waals surface area contributed by atoms with Gasteiger partial charge in [0.15, 0.2) is 0 Å². The zero-order valence-electron chi connectivity index (χ0n) is 14.7. The van der Waals surface area contributed by atoms with Crippen molar-refractivity contribution in [3.8, 4) is 0 Å². The van der Waals surface area contributed by atoms with Gasteiger partial charge in [0.25, 0.3) is 5.91 Å². The van der Waals surface area contributed by atoms with Crippen molar-refractivity contribution in [2.45, 2.75) is 18.9 Å². The van der Waals surface area contributed by atoms with Crippen LogP contribution in [0.3, 0.4) is 0 Å². The minimum absolute atomic E-state index is 0.0118. The Morgan fingerprint density at radius 2 is 1.92 bits per heavy atom. The molecule has 2 aliphatic heterocycles. The van der Waals surface area contributed by atoms with Gasteiger partial charge in [-0.05, 0) is 40.9 Å². The third-order valence-electron chi connectivity index (χ3n) is 4.90. The van der Waals surface area contributed by atoms with E-state index in [1.54, 1.807) is 18.1 Å². The van der Waals surface area contributed by atoms with Crippen molar-refractivity contribution in [3.63, 3.8) is 0 Å². The van der Waals surface area contributed by atoms with Crippen molar-refractivity contribution in [2.24, 2.45) is 0 Å². The molecule has 3 rings (SSSR count). The van der Waals surface area contributed by atoms with E-state index in [1.807, 2.05) is 23.1 Å². The molecule has 0 aromatic heterocycles.